The van der Waals surface area contributed by atoms with Crippen molar-refractivity contribution in [2.75, 3.05) is 30.3 Å². The molecule has 9 nitrogen and oxygen atoms in total. The number of allylic oxidation sites excluding steroid dienone is 1. The summed E-state index contributed by atoms with van der Waals surface area (Å²) >= 11 is 0. The van der Waals surface area contributed by atoms with Crippen LogP contribution in [-0.4, -0.2) is 56.2 Å². The second kappa shape index (κ2) is 8.26. The highest BCUT2D eigenvalue weighted by atomic mass is 19.1. The molecule has 4 N–H and O–H groups in total. The van der Waals surface area contributed by atoms with Gasteiger partial charge in [-0.2, -0.15) is 10.1 Å². The third-order valence-corrected chi connectivity index (χ3v) is 6.57. The number of carbonyl (C=O) groups is 1. The van der Waals surface area contributed by atoms with E-state index in [-0.39, 0.29) is 41.5 Å². The number of carbonyl (C=O) groups excluding carboxylic acids is 1. The standard InChI is InChI=1S/C21H27FN8O/c22-16-11-24-21(26-15-10-25-30(12-15)8-7-29-5-1-2-6-29)28-20(16)27-18-14-4-3-13(9-14)17(18)19(23)31/h3-4,10-14,17-18H,1-2,5-9H2,(H2,23,31)(H2,24,26,27,28)/t13-,14+,17+,18-/m1/s1. The molecule has 0 unspecified atom stereocenters. The molecule has 2 bridgehead atoms. The number of nitrogens with two attached hydrogens (primary N) is 1. The van der Waals surface area contributed by atoms with E-state index in [1.54, 1.807) is 6.20 Å². The summed E-state index contributed by atoms with van der Waals surface area (Å²) in [5, 5.41) is 10.6. The second-order valence-corrected chi connectivity index (χ2v) is 8.60. The van der Waals surface area contributed by atoms with Crippen molar-refractivity contribution < 1.29 is 9.18 Å². The van der Waals surface area contributed by atoms with E-state index >= 15 is 0 Å². The van der Waals surface area contributed by atoms with E-state index in [0.717, 1.165) is 44.5 Å². The van der Waals surface area contributed by atoms with Gasteiger partial charge < -0.3 is 21.3 Å². The molecule has 164 valence electrons. The highest BCUT2D eigenvalue weighted by molar-refractivity contribution is 5.79. The van der Waals surface area contributed by atoms with Crippen LogP contribution in [0, 0.1) is 23.6 Å². The minimum atomic E-state index is -0.568. The van der Waals surface area contributed by atoms with E-state index in [1.807, 2.05) is 17.0 Å². The Hall–Kier alpha value is -3.01. The highest BCUT2D eigenvalue weighted by Crippen LogP contribution is 2.44. The van der Waals surface area contributed by atoms with Crippen LogP contribution in [0.2, 0.25) is 0 Å². The van der Waals surface area contributed by atoms with E-state index in [9.17, 15) is 9.18 Å². The summed E-state index contributed by atoms with van der Waals surface area (Å²) in [4.78, 5) is 22.7. The van der Waals surface area contributed by atoms with E-state index < -0.39 is 5.82 Å². The number of primary amides is 1. The molecule has 31 heavy (non-hydrogen) atoms. The largest absolute Gasteiger partial charge is 0.369 e. The quantitative estimate of drug-likeness (QED) is 0.551. The van der Waals surface area contributed by atoms with Gasteiger partial charge in [0.25, 0.3) is 0 Å². The normalized spacial score (nSPS) is 27.1. The Morgan fingerprint density at radius 1 is 1.19 bits per heavy atom. The van der Waals surface area contributed by atoms with Gasteiger partial charge in [-0.15, -0.1) is 0 Å². The maximum absolute atomic E-state index is 14.4. The third kappa shape index (κ3) is 4.12. The average Bonchev–Trinajstić information content (AvgIpc) is 3.54. The molecular formula is C21H27FN8O. The summed E-state index contributed by atoms with van der Waals surface area (Å²) in [5.41, 5.74) is 6.33. The Labute approximate surface area is 179 Å². The zero-order valence-corrected chi connectivity index (χ0v) is 17.2. The number of aromatic nitrogens is 4. The topological polar surface area (TPSA) is 114 Å². The lowest BCUT2D eigenvalue weighted by Crippen LogP contribution is -2.41. The lowest BCUT2D eigenvalue weighted by molar-refractivity contribution is -0.122. The van der Waals surface area contributed by atoms with Crippen molar-refractivity contribution in [1.29, 1.82) is 0 Å². The summed E-state index contributed by atoms with van der Waals surface area (Å²) in [6.07, 6.45) is 12.2. The van der Waals surface area contributed by atoms with Crippen LogP contribution >= 0.6 is 0 Å². The van der Waals surface area contributed by atoms with Gasteiger partial charge in [0.05, 0.1) is 30.5 Å². The van der Waals surface area contributed by atoms with Crippen LogP contribution < -0.4 is 16.4 Å². The Kier molecular flexibility index (Phi) is 5.31. The summed E-state index contributed by atoms with van der Waals surface area (Å²) in [5.74, 6) is -0.732. The summed E-state index contributed by atoms with van der Waals surface area (Å²) in [7, 11) is 0. The molecule has 3 heterocycles. The molecule has 3 aliphatic rings. The van der Waals surface area contributed by atoms with Crippen LogP contribution in [0.5, 0.6) is 0 Å². The number of likely N-dealkylation sites (tertiary alicyclic amines) is 1. The summed E-state index contributed by atoms with van der Waals surface area (Å²) in [6, 6.07) is -0.266. The summed E-state index contributed by atoms with van der Waals surface area (Å²) in [6.45, 7) is 4.09. The van der Waals surface area contributed by atoms with Gasteiger partial charge in [0, 0.05) is 18.8 Å². The first-order valence-corrected chi connectivity index (χ1v) is 10.9. The van der Waals surface area contributed by atoms with Crippen molar-refractivity contribution in [3.05, 3.63) is 36.6 Å². The van der Waals surface area contributed by atoms with Gasteiger partial charge in [-0.05, 0) is 44.2 Å². The van der Waals surface area contributed by atoms with Gasteiger partial charge in [0.2, 0.25) is 11.9 Å². The summed E-state index contributed by atoms with van der Waals surface area (Å²) < 4.78 is 16.3. The van der Waals surface area contributed by atoms with Gasteiger partial charge in [-0.1, -0.05) is 12.2 Å². The molecule has 1 aliphatic heterocycles. The van der Waals surface area contributed by atoms with E-state index in [2.05, 4.69) is 36.7 Å². The number of rotatable bonds is 8. The number of fused-ring (bicyclic) bond motifs is 2. The van der Waals surface area contributed by atoms with Crippen LogP contribution in [0.3, 0.4) is 0 Å². The molecule has 1 saturated heterocycles. The fraction of sp³-hybridized carbons (Fsp3) is 0.524. The molecule has 0 aromatic carbocycles. The van der Waals surface area contributed by atoms with Crippen molar-refractivity contribution in [3.63, 3.8) is 0 Å². The SMILES string of the molecule is NC(=O)[C@@H]1[C@H](Nc2nc(Nc3cnn(CCN4CCCC4)c3)ncc2F)[C@H]2C=C[C@@H]1C2. The van der Waals surface area contributed by atoms with Gasteiger partial charge in [-0.25, -0.2) is 9.37 Å². The number of hydrogen-bond donors (Lipinski definition) is 3. The molecule has 5 rings (SSSR count). The molecular weight excluding hydrogens is 399 g/mol. The number of nitrogens with zero attached hydrogens (tertiary/aromatic N) is 5. The maximum Gasteiger partial charge on any atom is 0.229 e. The molecule has 2 aromatic heterocycles. The monoisotopic (exact) mass is 426 g/mol. The van der Waals surface area contributed by atoms with Crippen molar-refractivity contribution in [3.8, 4) is 0 Å². The van der Waals surface area contributed by atoms with E-state index in [0.29, 0.717) is 0 Å². The molecule has 0 spiro atoms. The molecule has 2 aliphatic carbocycles. The van der Waals surface area contributed by atoms with Crippen molar-refractivity contribution in [2.24, 2.45) is 23.5 Å². The first-order valence-electron chi connectivity index (χ1n) is 10.9. The van der Waals surface area contributed by atoms with Gasteiger partial charge in [0.15, 0.2) is 11.6 Å². The zero-order valence-electron chi connectivity index (χ0n) is 17.2. The molecule has 10 heteroatoms. The second-order valence-electron chi connectivity index (χ2n) is 8.60. The predicted octanol–water partition coefficient (Wildman–Crippen LogP) is 1.74. The van der Waals surface area contributed by atoms with Crippen LogP contribution in [0.15, 0.2) is 30.7 Å². The lowest BCUT2D eigenvalue weighted by Gasteiger charge is -2.27. The van der Waals surface area contributed by atoms with Crippen molar-refractivity contribution >= 4 is 23.4 Å². The smallest absolute Gasteiger partial charge is 0.229 e. The van der Waals surface area contributed by atoms with Crippen LogP contribution in [-0.2, 0) is 11.3 Å². The zero-order chi connectivity index (χ0) is 21.4. The number of halogens is 1. The Morgan fingerprint density at radius 2 is 2.00 bits per heavy atom. The molecule has 1 saturated carbocycles. The van der Waals surface area contributed by atoms with Crippen molar-refractivity contribution in [2.45, 2.75) is 31.8 Å². The fourth-order valence-corrected chi connectivity index (χ4v) is 5.02. The minimum absolute atomic E-state index is 0.0659. The average molecular weight is 427 g/mol. The Morgan fingerprint density at radius 3 is 2.81 bits per heavy atom. The predicted molar refractivity (Wildman–Crippen MR) is 114 cm³/mol. The van der Waals surface area contributed by atoms with Crippen LogP contribution in [0.4, 0.5) is 21.8 Å². The number of nitrogens with one attached hydrogen (secondary N) is 2. The molecule has 4 atom stereocenters. The third-order valence-electron chi connectivity index (χ3n) is 6.57. The van der Waals surface area contributed by atoms with Gasteiger partial charge in [-0.3, -0.25) is 9.48 Å². The fourth-order valence-electron chi connectivity index (χ4n) is 5.02. The van der Waals surface area contributed by atoms with Crippen LogP contribution in [0.1, 0.15) is 19.3 Å². The Balaban J connectivity index is 1.25. The van der Waals surface area contributed by atoms with Gasteiger partial charge >= 0.3 is 0 Å². The molecule has 2 aromatic rings. The molecule has 1 amide bonds. The molecule has 2 fully saturated rings. The number of anilines is 3. The number of hydrogen-bond acceptors (Lipinski definition) is 7. The van der Waals surface area contributed by atoms with Crippen LogP contribution in [0.25, 0.3) is 0 Å². The van der Waals surface area contributed by atoms with Crippen molar-refractivity contribution in [1.82, 2.24) is 24.6 Å². The molecule has 0 radical (unpaired) electrons. The maximum atomic E-state index is 14.4. The number of amides is 1. The van der Waals surface area contributed by atoms with E-state index in [1.165, 1.54) is 12.8 Å². The Bertz CT molecular complexity index is 986. The first kappa shape index (κ1) is 19.9. The first-order chi connectivity index (χ1) is 15.1. The van der Waals surface area contributed by atoms with Gasteiger partial charge in [0.1, 0.15) is 0 Å². The minimum Gasteiger partial charge on any atom is -0.369 e. The van der Waals surface area contributed by atoms with E-state index in [4.69, 9.17) is 5.73 Å². The lowest BCUT2D eigenvalue weighted by atomic mass is 9.88. The highest BCUT2D eigenvalue weighted by Gasteiger charge is 2.47.